The summed E-state index contributed by atoms with van der Waals surface area (Å²) in [5.74, 6) is 0.308. The second kappa shape index (κ2) is 5.62. The van der Waals surface area contributed by atoms with Crippen LogP contribution in [0, 0.1) is 22.7 Å². The fraction of sp³-hybridized carbons (Fsp3) is 0.650. The van der Waals surface area contributed by atoms with Crippen LogP contribution in [0.3, 0.4) is 0 Å². The zero-order chi connectivity index (χ0) is 16.8. The number of rotatable bonds is 2. The Balaban J connectivity index is 1.94. The predicted molar refractivity (Wildman–Crippen MR) is 90.7 cm³/mol. The Morgan fingerprint density at radius 2 is 2.09 bits per heavy atom. The summed E-state index contributed by atoms with van der Waals surface area (Å²) in [7, 11) is 0. The molecule has 3 nitrogen and oxygen atoms in total. The largest absolute Gasteiger partial charge is 0.458 e. The van der Waals surface area contributed by atoms with Crippen molar-refractivity contribution in [1.29, 1.82) is 0 Å². The number of allylic oxidation sites excluding steroid dienone is 1. The average molecular weight is 316 g/mol. The second-order valence-corrected chi connectivity index (χ2v) is 8.32. The number of esters is 1. The van der Waals surface area contributed by atoms with Crippen molar-refractivity contribution in [2.24, 2.45) is 22.7 Å². The van der Waals surface area contributed by atoms with E-state index in [4.69, 9.17) is 4.74 Å². The van der Waals surface area contributed by atoms with Crippen molar-refractivity contribution in [3.05, 3.63) is 36.0 Å². The summed E-state index contributed by atoms with van der Waals surface area (Å²) in [6.07, 6.45) is 9.67. The van der Waals surface area contributed by atoms with E-state index in [1.54, 1.807) is 0 Å². The molecule has 4 atom stereocenters. The zero-order valence-corrected chi connectivity index (χ0v) is 14.5. The number of hydrogen-bond acceptors (Lipinski definition) is 3. The van der Waals surface area contributed by atoms with Gasteiger partial charge in [0.2, 0.25) is 0 Å². The Morgan fingerprint density at radius 3 is 2.74 bits per heavy atom. The number of carbonyl (C=O) groups is 1. The van der Waals surface area contributed by atoms with Gasteiger partial charge in [0.25, 0.3) is 0 Å². The van der Waals surface area contributed by atoms with E-state index in [9.17, 15) is 9.90 Å². The van der Waals surface area contributed by atoms with Gasteiger partial charge < -0.3 is 9.84 Å². The van der Waals surface area contributed by atoms with Gasteiger partial charge in [-0.1, -0.05) is 45.9 Å². The molecule has 23 heavy (non-hydrogen) atoms. The summed E-state index contributed by atoms with van der Waals surface area (Å²) in [6, 6.07) is 0. The van der Waals surface area contributed by atoms with Crippen LogP contribution in [0.4, 0.5) is 0 Å². The number of hydrogen-bond donors (Lipinski definition) is 1. The highest BCUT2D eigenvalue weighted by atomic mass is 16.5. The lowest BCUT2D eigenvalue weighted by Crippen LogP contribution is -2.52. The Hall–Kier alpha value is -1.35. The molecule has 1 N–H and O–H groups in total. The van der Waals surface area contributed by atoms with Gasteiger partial charge in [0.15, 0.2) is 0 Å². The van der Waals surface area contributed by atoms with Gasteiger partial charge in [-0.15, -0.1) is 0 Å². The first-order chi connectivity index (χ1) is 10.8. The van der Waals surface area contributed by atoms with Crippen LogP contribution in [-0.4, -0.2) is 23.8 Å². The Morgan fingerprint density at radius 1 is 1.35 bits per heavy atom. The van der Waals surface area contributed by atoms with Gasteiger partial charge in [-0.05, 0) is 47.7 Å². The maximum Gasteiger partial charge on any atom is 0.338 e. The van der Waals surface area contributed by atoms with Crippen molar-refractivity contribution >= 4 is 5.97 Å². The van der Waals surface area contributed by atoms with Crippen LogP contribution in [0.15, 0.2) is 36.0 Å². The highest BCUT2D eigenvalue weighted by molar-refractivity contribution is 5.93. The number of carbonyl (C=O) groups excluding carboxylic acids is 1. The lowest BCUT2D eigenvalue weighted by atomic mass is 9.47. The molecule has 0 aromatic carbocycles. The second-order valence-electron chi connectivity index (χ2n) is 8.32. The van der Waals surface area contributed by atoms with Gasteiger partial charge in [-0.25, -0.2) is 4.79 Å². The van der Waals surface area contributed by atoms with Gasteiger partial charge in [0.1, 0.15) is 6.61 Å². The van der Waals surface area contributed by atoms with E-state index in [1.807, 2.05) is 12.2 Å². The molecule has 0 aromatic heterocycles. The van der Waals surface area contributed by atoms with E-state index in [-0.39, 0.29) is 22.7 Å². The van der Waals surface area contributed by atoms with Gasteiger partial charge in [-0.3, -0.25) is 0 Å². The normalized spacial score (nSPS) is 40.0. The summed E-state index contributed by atoms with van der Waals surface area (Å²) < 4.78 is 4.96. The smallest absolute Gasteiger partial charge is 0.338 e. The topological polar surface area (TPSA) is 46.5 Å². The lowest BCUT2D eigenvalue weighted by molar-refractivity contribution is -0.135. The van der Waals surface area contributed by atoms with Crippen molar-refractivity contribution in [2.75, 3.05) is 6.61 Å². The standard InChI is InChI=1S/C20H28O3/c1-13-15(7-6-14-8-11-23-18(14)22)20(4)10-5-9-19(2,3)17(20)12-16(13)21/h6-8,15-17,21H,1,5,9-12H2,2-4H3/b7-6+/t15-,16-,17-,20+/m0/s1. The van der Waals surface area contributed by atoms with E-state index in [1.165, 1.54) is 12.8 Å². The van der Waals surface area contributed by atoms with E-state index in [2.05, 4.69) is 33.4 Å². The van der Waals surface area contributed by atoms with Crippen LogP contribution in [-0.2, 0) is 9.53 Å². The third-order valence-corrected chi connectivity index (χ3v) is 6.49. The predicted octanol–water partition coefficient (Wildman–Crippen LogP) is 3.80. The van der Waals surface area contributed by atoms with Crippen molar-refractivity contribution in [2.45, 2.75) is 52.6 Å². The summed E-state index contributed by atoms with van der Waals surface area (Å²) in [5.41, 5.74) is 1.84. The molecular formula is C20H28O3. The molecule has 0 aromatic rings. The lowest BCUT2D eigenvalue weighted by Gasteiger charge is -2.58. The number of aliphatic hydroxyl groups excluding tert-OH is 1. The van der Waals surface area contributed by atoms with Crippen LogP contribution in [0.2, 0.25) is 0 Å². The number of fused-ring (bicyclic) bond motifs is 1. The Bertz CT molecular complexity index is 584. The first kappa shape index (κ1) is 16.5. The molecule has 0 bridgehead atoms. The molecule has 3 aliphatic rings. The van der Waals surface area contributed by atoms with E-state index < -0.39 is 6.10 Å². The molecule has 1 heterocycles. The molecular weight excluding hydrogens is 288 g/mol. The fourth-order valence-corrected chi connectivity index (χ4v) is 5.19. The molecule has 0 spiro atoms. The molecule has 0 saturated heterocycles. The minimum absolute atomic E-state index is 0.0949. The van der Waals surface area contributed by atoms with Crippen LogP contribution in [0.25, 0.3) is 0 Å². The number of aliphatic hydroxyl groups is 1. The van der Waals surface area contributed by atoms with E-state index >= 15 is 0 Å². The van der Waals surface area contributed by atoms with Crippen LogP contribution in [0.1, 0.15) is 46.5 Å². The van der Waals surface area contributed by atoms with Gasteiger partial charge in [0, 0.05) is 5.92 Å². The third-order valence-electron chi connectivity index (χ3n) is 6.49. The fourth-order valence-electron chi connectivity index (χ4n) is 5.19. The number of ether oxygens (including phenoxy) is 1. The average Bonchev–Trinajstić information content (AvgIpc) is 2.87. The monoisotopic (exact) mass is 316 g/mol. The molecule has 1 aliphatic heterocycles. The summed E-state index contributed by atoms with van der Waals surface area (Å²) in [4.78, 5) is 11.6. The minimum Gasteiger partial charge on any atom is -0.458 e. The molecule has 126 valence electrons. The first-order valence-corrected chi connectivity index (χ1v) is 8.68. The van der Waals surface area contributed by atoms with Crippen LogP contribution >= 0.6 is 0 Å². The minimum atomic E-state index is -0.454. The molecule has 0 amide bonds. The molecule has 2 saturated carbocycles. The molecule has 2 aliphatic carbocycles. The highest BCUT2D eigenvalue weighted by Crippen LogP contribution is 2.61. The Labute approximate surface area is 139 Å². The first-order valence-electron chi connectivity index (χ1n) is 8.68. The SMILES string of the molecule is C=C1[C@@H](O)C[C@H]2C(C)(C)CCC[C@]2(C)[C@H]1/C=C/C1=CCOC1=O. The summed E-state index contributed by atoms with van der Waals surface area (Å²) in [5, 5.41) is 10.5. The molecule has 3 rings (SSSR count). The van der Waals surface area contributed by atoms with Crippen LogP contribution in [0.5, 0.6) is 0 Å². The van der Waals surface area contributed by atoms with Crippen molar-refractivity contribution < 1.29 is 14.6 Å². The maximum absolute atomic E-state index is 11.6. The Kier molecular flexibility index (Phi) is 4.04. The van der Waals surface area contributed by atoms with Crippen molar-refractivity contribution in [3.63, 3.8) is 0 Å². The molecule has 0 radical (unpaired) electrons. The van der Waals surface area contributed by atoms with Crippen molar-refractivity contribution in [1.82, 2.24) is 0 Å². The summed E-state index contributed by atoms with van der Waals surface area (Å²) >= 11 is 0. The van der Waals surface area contributed by atoms with Gasteiger partial charge in [-0.2, -0.15) is 0 Å². The molecule has 3 heteroatoms. The quantitative estimate of drug-likeness (QED) is 0.623. The highest BCUT2D eigenvalue weighted by Gasteiger charge is 2.54. The van der Waals surface area contributed by atoms with E-state index in [0.29, 0.717) is 18.1 Å². The van der Waals surface area contributed by atoms with Crippen molar-refractivity contribution in [3.8, 4) is 0 Å². The zero-order valence-electron chi connectivity index (χ0n) is 14.5. The van der Waals surface area contributed by atoms with Crippen LogP contribution < -0.4 is 0 Å². The molecule has 2 fully saturated rings. The van der Waals surface area contributed by atoms with Gasteiger partial charge >= 0.3 is 5.97 Å². The van der Waals surface area contributed by atoms with E-state index in [0.717, 1.165) is 18.4 Å². The third kappa shape index (κ3) is 2.69. The number of cyclic esters (lactones) is 1. The maximum atomic E-state index is 11.6. The summed E-state index contributed by atoms with van der Waals surface area (Å²) in [6.45, 7) is 11.5. The van der Waals surface area contributed by atoms with Gasteiger partial charge in [0.05, 0.1) is 11.7 Å². The molecule has 0 unspecified atom stereocenters.